The van der Waals surface area contributed by atoms with Crippen LogP contribution in [0.2, 0.25) is 0 Å². The van der Waals surface area contributed by atoms with Gasteiger partial charge >= 0.3 is 0 Å². The number of aryl methyl sites for hydroxylation is 1. The molecule has 0 spiro atoms. The van der Waals surface area contributed by atoms with Crippen LogP contribution in [-0.4, -0.2) is 38.6 Å². The highest BCUT2D eigenvalue weighted by Crippen LogP contribution is 2.23. The van der Waals surface area contributed by atoms with Gasteiger partial charge in [-0.1, -0.05) is 25.9 Å². The Morgan fingerprint density at radius 3 is 2.75 bits per heavy atom. The number of nitrogens with one attached hydrogen (secondary N) is 1. The Morgan fingerprint density at radius 1 is 1.33 bits per heavy atom. The molecule has 130 valence electrons. The van der Waals surface area contributed by atoms with Crippen molar-refractivity contribution in [1.82, 2.24) is 19.6 Å². The molecule has 0 saturated carbocycles. The lowest BCUT2D eigenvalue weighted by Crippen LogP contribution is -2.39. The lowest BCUT2D eigenvalue weighted by Gasteiger charge is -2.27. The fraction of sp³-hybridized carbons (Fsp3) is 0.588. The van der Waals surface area contributed by atoms with Crippen LogP contribution in [0.3, 0.4) is 0 Å². The van der Waals surface area contributed by atoms with Gasteiger partial charge in [0.05, 0.1) is 24.5 Å². The summed E-state index contributed by atoms with van der Waals surface area (Å²) in [6, 6.07) is 1.79. The van der Waals surface area contributed by atoms with Crippen molar-refractivity contribution in [3.8, 4) is 0 Å². The zero-order chi connectivity index (χ0) is 17.5. The predicted molar refractivity (Wildman–Crippen MR) is 90.8 cm³/mol. The zero-order valence-corrected chi connectivity index (χ0v) is 15.0. The first-order valence-corrected chi connectivity index (χ1v) is 8.26. The average molecular weight is 331 g/mol. The second-order valence-corrected chi connectivity index (χ2v) is 7.44. The molecule has 3 rings (SSSR count). The van der Waals surface area contributed by atoms with Gasteiger partial charge in [-0.05, 0) is 13.8 Å². The summed E-state index contributed by atoms with van der Waals surface area (Å²) in [5.41, 5.74) is 2.99. The molecule has 2 aromatic heterocycles. The Labute approximate surface area is 142 Å². The first-order valence-electron chi connectivity index (χ1n) is 8.26. The fourth-order valence-electron chi connectivity index (χ4n) is 2.86. The Balaban J connectivity index is 1.59. The average Bonchev–Trinajstić information content (AvgIpc) is 3.04. The van der Waals surface area contributed by atoms with Gasteiger partial charge in [0.2, 0.25) is 11.8 Å². The Bertz CT molecular complexity index is 754. The SMILES string of the molecule is Cc1nc2n(c1C)CCN(CC(=O)Nc1cc(C(C)(C)C)no1)C2. The van der Waals surface area contributed by atoms with E-state index in [-0.39, 0.29) is 11.3 Å². The zero-order valence-electron chi connectivity index (χ0n) is 15.0. The first kappa shape index (κ1) is 16.7. The number of aromatic nitrogens is 3. The van der Waals surface area contributed by atoms with E-state index >= 15 is 0 Å². The first-order chi connectivity index (χ1) is 11.2. The van der Waals surface area contributed by atoms with Crippen LogP contribution in [0.25, 0.3) is 0 Å². The standard InChI is InChI=1S/C17H25N5O2/c1-11-12(2)22-7-6-21(9-14(22)18-11)10-15(23)19-16-8-13(20-24-16)17(3,4)5/h8H,6-7,9-10H2,1-5H3,(H,19,23). The van der Waals surface area contributed by atoms with Crippen LogP contribution in [-0.2, 0) is 23.3 Å². The highest BCUT2D eigenvalue weighted by molar-refractivity contribution is 5.91. The van der Waals surface area contributed by atoms with Gasteiger partial charge in [0, 0.05) is 30.3 Å². The molecule has 1 aliphatic rings. The maximum Gasteiger partial charge on any atom is 0.240 e. The van der Waals surface area contributed by atoms with Crippen molar-refractivity contribution in [1.29, 1.82) is 0 Å². The summed E-state index contributed by atoms with van der Waals surface area (Å²) < 4.78 is 7.44. The molecule has 0 aromatic carbocycles. The molecule has 0 unspecified atom stereocenters. The van der Waals surface area contributed by atoms with Crippen LogP contribution in [0.1, 0.15) is 43.7 Å². The van der Waals surface area contributed by atoms with Crippen LogP contribution >= 0.6 is 0 Å². The molecule has 1 amide bonds. The quantitative estimate of drug-likeness (QED) is 0.933. The highest BCUT2D eigenvalue weighted by Gasteiger charge is 2.23. The van der Waals surface area contributed by atoms with Gasteiger partial charge in [0.25, 0.3) is 0 Å². The Hall–Kier alpha value is -2.15. The van der Waals surface area contributed by atoms with E-state index in [0.29, 0.717) is 19.0 Å². The number of fused-ring (bicyclic) bond motifs is 1. The van der Waals surface area contributed by atoms with Crippen molar-refractivity contribution in [3.05, 3.63) is 29.0 Å². The van der Waals surface area contributed by atoms with Crippen molar-refractivity contribution in [2.75, 3.05) is 18.4 Å². The molecular formula is C17H25N5O2. The normalized spacial score (nSPS) is 15.4. The maximum absolute atomic E-state index is 12.3. The molecule has 3 heterocycles. The molecule has 7 heteroatoms. The van der Waals surface area contributed by atoms with Crippen molar-refractivity contribution in [2.45, 2.75) is 53.1 Å². The molecule has 24 heavy (non-hydrogen) atoms. The molecule has 1 N–H and O–H groups in total. The minimum atomic E-state index is -0.105. The molecule has 7 nitrogen and oxygen atoms in total. The maximum atomic E-state index is 12.3. The lowest BCUT2D eigenvalue weighted by atomic mass is 9.92. The van der Waals surface area contributed by atoms with E-state index in [1.807, 2.05) is 6.92 Å². The van der Waals surface area contributed by atoms with Gasteiger partial charge in [0.1, 0.15) is 5.82 Å². The highest BCUT2D eigenvalue weighted by atomic mass is 16.5. The fourth-order valence-corrected chi connectivity index (χ4v) is 2.86. The second-order valence-electron chi connectivity index (χ2n) is 7.44. The van der Waals surface area contributed by atoms with Gasteiger partial charge in [0.15, 0.2) is 0 Å². The molecule has 1 aliphatic heterocycles. The van der Waals surface area contributed by atoms with Crippen molar-refractivity contribution in [3.63, 3.8) is 0 Å². The number of carbonyl (C=O) groups excluding carboxylic acids is 1. The van der Waals surface area contributed by atoms with Gasteiger partial charge in [-0.25, -0.2) is 4.98 Å². The molecule has 0 atom stereocenters. The van der Waals surface area contributed by atoms with Crippen molar-refractivity contribution < 1.29 is 9.32 Å². The summed E-state index contributed by atoms with van der Waals surface area (Å²) >= 11 is 0. The number of hydrogen-bond donors (Lipinski definition) is 1. The van der Waals surface area contributed by atoms with E-state index in [1.165, 1.54) is 5.69 Å². The van der Waals surface area contributed by atoms with Crippen LogP contribution in [0.4, 0.5) is 5.88 Å². The van der Waals surface area contributed by atoms with E-state index in [2.05, 4.69) is 52.6 Å². The van der Waals surface area contributed by atoms with Crippen LogP contribution in [0, 0.1) is 13.8 Å². The van der Waals surface area contributed by atoms with Crippen molar-refractivity contribution >= 4 is 11.8 Å². The minimum absolute atomic E-state index is 0.0972. The number of carbonyl (C=O) groups is 1. The van der Waals surface area contributed by atoms with Gasteiger partial charge in [-0.3, -0.25) is 15.0 Å². The smallest absolute Gasteiger partial charge is 0.240 e. The largest absolute Gasteiger partial charge is 0.338 e. The third kappa shape index (κ3) is 3.36. The summed E-state index contributed by atoms with van der Waals surface area (Å²) in [5.74, 6) is 1.33. The third-order valence-electron chi connectivity index (χ3n) is 4.45. The lowest BCUT2D eigenvalue weighted by molar-refractivity contribution is -0.117. The summed E-state index contributed by atoms with van der Waals surface area (Å²) in [6.45, 7) is 13.0. The molecule has 0 aliphatic carbocycles. The van der Waals surface area contributed by atoms with Gasteiger partial charge < -0.3 is 9.09 Å². The summed E-state index contributed by atoms with van der Waals surface area (Å²) in [7, 11) is 0. The number of imidazole rings is 1. The summed E-state index contributed by atoms with van der Waals surface area (Å²) in [6.07, 6.45) is 0. The van der Waals surface area contributed by atoms with E-state index < -0.39 is 0 Å². The van der Waals surface area contributed by atoms with Crippen LogP contribution in [0.5, 0.6) is 0 Å². The molecule has 0 fully saturated rings. The number of amides is 1. The van der Waals surface area contributed by atoms with E-state index in [4.69, 9.17) is 4.52 Å². The van der Waals surface area contributed by atoms with Crippen LogP contribution in [0.15, 0.2) is 10.6 Å². The van der Waals surface area contributed by atoms with Crippen molar-refractivity contribution in [2.24, 2.45) is 0 Å². The number of hydrogen-bond acceptors (Lipinski definition) is 5. The topological polar surface area (TPSA) is 76.2 Å². The second kappa shape index (κ2) is 6.05. The molecule has 0 bridgehead atoms. The molecule has 0 saturated heterocycles. The predicted octanol–water partition coefficient (Wildman–Crippen LogP) is 2.24. The summed E-state index contributed by atoms with van der Waals surface area (Å²) in [5, 5.41) is 6.80. The number of nitrogens with zero attached hydrogens (tertiary/aromatic N) is 4. The molecule has 0 radical (unpaired) electrons. The van der Waals surface area contributed by atoms with E-state index in [1.54, 1.807) is 6.07 Å². The van der Waals surface area contributed by atoms with Crippen LogP contribution < -0.4 is 5.32 Å². The molecular weight excluding hydrogens is 306 g/mol. The molecule has 2 aromatic rings. The third-order valence-corrected chi connectivity index (χ3v) is 4.45. The van der Waals surface area contributed by atoms with Gasteiger partial charge in [-0.2, -0.15) is 0 Å². The summed E-state index contributed by atoms with van der Waals surface area (Å²) in [4.78, 5) is 18.9. The number of rotatable bonds is 3. The number of anilines is 1. The van der Waals surface area contributed by atoms with E-state index in [0.717, 1.165) is 30.3 Å². The minimum Gasteiger partial charge on any atom is -0.338 e. The Kier molecular flexibility index (Phi) is 4.21. The van der Waals surface area contributed by atoms with Gasteiger partial charge in [-0.15, -0.1) is 0 Å². The monoisotopic (exact) mass is 331 g/mol. The van der Waals surface area contributed by atoms with E-state index in [9.17, 15) is 4.79 Å². The Morgan fingerprint density at radius 2 is 2.08 bits per heavy atom.